The van der Waals surface area contributed by atoms with Crippen LogP contribution in [0.4, 0.5) is 14.5 Å². The van der Waals surface area contributed by atoms with Crippen molar-refractivity contribution >= 4 is 26.7 Å². The number of fused-ring (bicyclic) bond motifs is 1. The highest BCUT2D eigenvalue weighted by Gasteiger charge is 2.17. The third-order valence-corrected chi connectivity index (χ3v) is 5.39. The van der Waals surface area contributed by atoms with Gasteiger partial charge in [0, 0.05) is 11.8 Å². The molecule has 0 saturated heterocycles. The smallest absolute Gasteiger partial charge is 0.242 e. The van der Waals surface area contributed by atoms with Crippen molar-refractivity contribution in [2.45, 2.75) is 19.8 Å². The van der Waals surface area contributed by atoms with Crippen LogP contribution in [0.2, 0.25) is 0 Å². The Morgan fingerprint density at radius 3 is 2.79 bits per heavy atom. The standard InChI is InChI=1S/C19H18F2N4O3S/c1-3-4-9-29(26,27)25-16-8-7-15(20)13(17(16)21)6-5-12-10-14-18(22-11-12)23-24-19(14)28-2/h7-8,10-11,25H,3-4,9H2,1-2H3,(H,22,23,24). The van der Waals surface area contributed by atoms with Crippen LogP contribution in [0.5, 0.6) is 5.88 Å². The molecule has 2 heterocycles. The Labute approximate surface area is 166 Å². The van der Waals surface area contributed by atoms with Gasteiger partial charge in [-0.25, -0.2) is 22.2 Å². The molecule has 29 heavy (non-hydrogen) atoms. The number of unbranched alkanes of at least 4 members (excludes halogenated alkanes) is 1. The summed E-state index contributed by atoms with van der Waals surface area (Å²) >= 11 is 0. The Bertz CT molecular complexity index is 1210. The van der Waals surface area contributed by atoms with Gasteiger partial charge in [-0.05, 0) is 24.6 Å². The average molecular weight is 420 g/mol. The summed E-state index contributed by atoms with van der Waals surface area (Å²) in [6.45, 7) is 1.84. The summed E-state index contributed by atoms with van der Waals surface area (Å²) in [6.07, 6.45) is 2.52. The zero-order chi connectivity index (χ0) is 21.0. The molecular formula is C19H18F2N4O3S. The SMILES string of the molecule is CCCCS(=O)(=O)Nc1ccc(F)c(C#Cc2cnc3[nH]nc(OC)c3c2)c1F. The summed E-state index contributed by atoms with van der Waals surface area (Å²) in [5, 5.41) is 7.18. The summed E-state index contributed by atoms with van der Waals surface area (Å²) in [5.74, 6) is 3.23. The van der Waals surface area contributed by atoms with Crippen LogP contribution in [0.3, 0.4) is 0 Å². The largest absolute Gasteiger partial charge is 0.479 e. The number of aromatic nitrogens is 3. The summed E-state index contributed by atoms with van der Waals surface area (Å²) in [6, 6.07) is 3.61. The summed E-state index contributed by atoms with van der Waals surface area (Å²) in [4.78, 5) is 4.12. The number of methoxy groups -OCH3 is 1. The second-order valence-electron chi connectivity index (χ2n) is 6.16. The van der Waals surface area contributed by atoms with Crippen LogP contribution >= 0.6 is 0 Å². The molecule has 0 spiro atoms. The van der Waals surface area contributed by atoms with Gasteiger partial charge in [-0.2, -0.15) is 0 Å². The van der Waals surface area contributed by atoms with Crippen molar-refractivity contribution in [3.05, 3.63) is 47.2 Å². The highest BCUT2D eigenvalue weighted by molar-refractivity contribution is 7.92. The van der Waals surface area contributed by atoms with E-state index in [0.29, 0.717) is 35.3 Å². The van der Waals surface area contributed by atoms with E-state index in [1.807, 2.05) is 6.92 Å². The van der Waals surface area contributed by atoms with E-state index >= 15 is 0 Å². The van der Waals surface area contributed by atoms with E-state index in [-0.39, 0.29) is 11.4 Å². The van der Waals surface area contributed by atoms with Gasteiger partial charge in [-0.1, -0.05) is 25.2 Å². The molecule has 7 nitrogen and oxygen atoms in total. The minimum absolute atomic E-state index is 0.153. The highest BCUT2D eigenvalue weighted by atomic mass is 32.2. The first-order chi connectivity index (χ1) is 13.8. The lowest BCUT2D eigenvalue weighted by Gasteiger charge is -2.09. The van der Waals surface area contributed by atoms with Gasteiger partial charge in [0.15, 0.2) is 11.5 Å². The molecule has 1 aromatic carbocycles. The predicted octanol–water partition coefficient (Wildman–Crippen LogP) is 3.19. The molecule has 0 unspecified atom stereocenters. The predicted molar refractivity (Wildman–Crippen MR) is 105 cm³/mol. The molecule has 0 radical (unpaired) electrons. The first-order valence-corrected chi connectivity index (χ1v) is 10.4. The zero-order valence-electron chi connectivity index (χ0n) is 15.7. The van der Waals surface area contributed by atoms with Gasteiger partial charge in [0.25, 0.3) is 0 Å². The van der Waals surface area contributed by atoms with Crippen molar-refractivity contribution in [3.8, 4) is 17.7 Å². The quantitative estimate of drug-likeness (QED) is 0.597. The van der Waals surface area contributed by atoms with Gasteiger partial charge < -0.3 is 4.74 Å². The second kappa shape index (κ2) is 8.45. The summed E-state index contributed by atoms with van der Waals surface area (Å²) in [5.41, 5.74) is -0.0324. The zero-order valence-corrected chi connectivity index (χ0v) is 16.5. The number of anilines is 1. The molecule has 0 aliphatic heterocycles. The van der Waals surface area contributed by atoms with Gasteiger partial charge in [-0.15, -0.1) is 5.10 Å². The van der Waals surface area contributed by atoms with E-state index in [1.54, 1.807) is 6.07 Å². The first kappa shape index (κ1) is 20.5. The molecule has 0 atom stereocenters. The maximum Gasteiger partial charge on any atom is 0.242 e. The maximum atomic E-state index is 14.7. The normalized spacial score (nSPS) is 11.2. The fraction of sp³-hybridized carbons (Fsp3) is 0.263. The number of sulfonamides is 1. The molecule has 2 N–H and O–H groups in total. The number of hydrogen-bond acceptors (Lipinski definition) is 5. The van der Waals surface area contributed by atoms with Crippen LogP contribution in [-0.2, 0) is 10.0 Å². The van der Waals surface area contributed by atoms with Gasteiger partial charge in [-0.3, -0.25) is 9.82 Å². The van der Waals surface area contributed by atoms with Crippen LogP contribution in [0.25, 0.3) is 11.0 Å². The molecule has 10 heteroatoms. The fourth-order valence-corrected chi connectivity index (χ4v) is 3.80. The van der Waals surface area contributed by atoms with Gasteiger partial charge in [0.2, 0.25) is 15.9 Å². The van der Waals surface area contributed by atoms with Crippen LogP contribution in [-0.4, -0.2) is 36.5 Å². The first-order valence-electron chi connectivity index (χ1n) is 8.73. The number of ether oxygens (including phenoxy) is 1. The Balaban J connectivity index is 1.94. The van der Waals surface area contributed by atoms with E-state index in [4.69, 9.17) is 4.74 Å². The van der Waals surface area contributed by atoms with Crippen molar-refractivity contribution in [3.63, 3.8) is 0 Å². The maximum absolute atomic E-state index is 14.7. The molecule has 0 aliphatic rings. The van der Waals surface area contributed by atoms with Crippen LogP contribution < -0.4 is 9.46 Å². The van der Waals surface area contributed by atoms with E-state index in [9.17, 15) is 17.2 Å². The molecule has 0 amide bonds. The van der Waals surface area contributed by atoms with Gasteiger partial charge in [0.05, 0.1) is 29.5 Å². The number of rotatable bonds is 6. The number of halogens is 2. The lowest BCUT2D eigenvalue weighted by Crippen LogP contribution is -2.17. The minimum Gasteiger partial charge on any atom is -0.479 e. The number of nitrogens with zero attached hydrogens (tertiary/aromatic N) is 2. The third-order valence-electron chi connectivity index (χ3n) is 4.03. The molecule has 0 fully saturated rings. The number of H-pyrrole nitrogens is 1. The molecule has 152 valence electrons. The molecule has 2 aromatic heterocycles. The highest BCUT2D eigenvalue weighted by Crippen LogP contribution is 2.23. The number of benzene rings is 1. The molecule has 3 rings (SSSR count). The van der Waals surface area contributed by atoms with E-state index < -0.39 is 27.2 Å². The van der Waals surface area contributed by atoms with Crippen molar-refractivity contribution in [1.82, 2.24) is 15.2 Å². The summed E-state index contributed by atoms with van der Waals surface area (Å²) < 4.78 is 60.1. The molecule has 0 aliphatic carbocycles. The molecule has 3 aromatic rings. The number of hydrogen-bond donors (Lipinski definition) is 2. The second-order valence-corrected chi connectivity index (χ2v) is 8.00. The van der Waals surface area contributed by atoms with Crippen molar-refractivity contribution < 1.29 is 21.9 Å². The van der Waals surface area contributed by atoms with Gasteiger partial charge >= 0.3 is 0 Å². The Morgan fingerprint density at radius 1 is 1.28 bits per heavy atom. The number of aromatic amines is 1. The Hall–Kier alpha value is -3.19. The average Bonchev–Trinajstić information content (AvgIpc) is 3.11. The van der Waals surface area contributed by atoms with Crippen molar-refractivity contribution in [2.24, 2.45) is 0 Å². The molecule has 0 saturated carbocycles. The van der Waals surface area contributed by atoms with Gasteiger partial charge in [0.1, 0.15) is 5.82 Å². The van der Waals surface area contributed by atoms with Crippen LogP contribution in [0.1, 0.15) is 30.9 Å². The van der Waals surface area contributed by atoms with E-state index in [1.165, 1.54) is 13.3 Å². The molecular weight excluding hydrogens is 402 g/mol. The van der Waals surface area contributed by atoms with Crippen LogP contribution in [0, 0.1) is 23.5 Å². The number of pyridine rings is 1. The van der Waals surface area contributed by atoms with E-state index in [0.717, 1.165) is 12.1 Å². The fourth-order valence-electron chi connectivity index (χ4n) is 2.54. The monoisotopic (exact) mass is 420 g/mol. The van der Waals surface area contributed by atoms with Crippen molar-refractivity contribution in [1.29, 1.82) is 0 Å². The minimum atomic E-state index is -3.74. The third kappa shape index (κ3) is 4.63. The Kier molecular flexibility index (Phi) is 5.98. The lowest BCUT2D eigenvalue weighted by atomic mass is 10.1. The van der Waals surface area contributed by atoms with Crippen LogP contribution in [0.15, 0.2) is 24.4 Å². The lowest BCUT2D eigenvalue weighted by molar-refractivity contribution is 0.401. The number of nitrogens with one attached hydrogen (secondary N) is 2. The topological polar surface area (TPSA) is 97.0 Å². The Morgan fingerprint density at radius 2 is 2.07 bits per heavy atom. The van der Waals surface area contributed by atoms with E-state index in [2.05, 4.69) is 31.7 Å². The molecule has 0 bridgehead atoms. The van der Waals surface area contributed by atoms with Crippen molar-refractivity contribution in [2.75, 3.05) is 17.6 Å². The summed E-state index contributed by atoms with van der Waals surface area (Å²) in [7, 11) is -2.29.